The Morgan fingerprint density at radius 3 is 2.53 bits per heavy atom. The molecule has 1 N–H and O–H groups in total. The highest BCUT2D eigenvalue weighted by Gasteiger charge is 2.35. The van der Waals surface area contributed by atoms with Crippen molar-refractivity contribution < 1.29 is 9.59 Å². The summed E-state index contributed by atoms with van der Waals surface area (Å²) in [5, 5.41) is 2.77. The van der Waals surface area contributed by atoms with E-state index in [1.165, 1.54) is 0 Å². The predicted molar refractivity (Wildman–Crippen MR) is 75.0 cm³/mol. The molecule has 2 amide bonds. The number of nitrogens with zero attached hydrogens (tertiary/aromatic N) is 1. The van der Waals surface area contributed by atoms with E-state index in [0.717, 1.165) is 16.8 Å². The van der Waals surface area contributed by atoms with E-state index in [-0.39, 0.29) is 24.3 Å². The summed E-state index contributed by atoms with van der Waals surface area (Å²) in [7, 11) is 0. The van der Waals surface area contributed by atoms with E-state index in [0.29, 0.717) is 0 Å². The van der Waals surface area contributed by atoms with Crippen LogP contribution < -0.4 is 10.2 Å². The van der Waals surface area contributed by atoms with Crippen LogP contribution in [0, 0.1) is 19.8 Å². The molecule has 1 aliphatic heterocycles. The number of hydrogen-bond donors (Lipinski definition) is 1. The second-order valence-corrected chi connectivity index (χ2v) is 5.50. The Bertz CT molecular complexity index is 523. The van der Waals surface area contributed by atoms with E-state index >= 15 is 0 Å². The molecule has 1 aliphatic rings. The topological polar surface area (TPSA) is 49.4 Å². The number of hydrogen-bond acceptors (Lipinski definition) is 2. The van der Waals surface area contributed by atoms with E-state index in [1.54, 1.807) is 4.90 Å². The molecule has 1 fully saturated rings. The lowest BCUT2D eigenvalue weighted by Crippen LogP contribution is -2.60. The molecule has 0 radical (unpaired) electrons. The van der Waals surface area contributed by atoms with Crippen molar-refractivity contribution in [2.45, 2.75) is 33.7 Å². The predicted octanol–water partition coefficient (Wildman–Crippen LogP) is 1.79. The second-order valence-electron chi connectivity index (χ2n) is 5.50. The van der Waals surface area contributed by atoms with Gasteiger partial charge in [-0.3, -0.25) is 9.59 Å². The molecule has 4 nitrogen and oxygen atoms in total. The van der Waals surface area contributed by atoms with Gasteiger partial charge in [-0.2, -0.15) is 0 Å². The third kappa shape index (κ3) is 2.62. The van der Waals surface area contributed by atoms with Crippen molar-refractivity contribution in [2.24, 2.45) is 5.92 Å². The van der Waals surface area contributed by atoms with Crippen molar-refractivity contribution >= 4 is 17.5 Å². The third-order valence-electron chi connectivity index (χ3n) is 3.46. The van der Waals surface area contributed by atoms with Crippen LogP contribution in [0.3, 0.4) is 0 Å². The first-order valence-electron chi connectivity index (χ1n) is 6.58. The van der Waals surface area contributed by atoms with Gasteiger partial charge in [-0.05, 0) is 31.4 Å². The van der Waals surface area contributed by atoms with Gasteiger partial charge in [0.15, 0.2) is 0 Å². The average molecular weight is 260 g/mol. The maximum absolute atomic E-state index is 12.5. The van der Waals surface area contributed by atoms with Crippen LogP contribution in [0.15, 0.2) is 18.2 Å². The van der Waals surface area contributed by atoms with Gasteiger partial charge >= 0.3 is 0 Å². The van der Waals surface area contributed by atoms with Gasteiger partial charge in [-0.25, -0.2) is 0 Å². The van der Waals surface area contributed by atoms with Crippen LogP contribution in [-0.2, 0) is 9.59 Å². The van der Waals surface area contributed by atoms with E-state index in [4.69, 9.17) is 0 Å². The summed E-state index contributed by atoms with van der Waals surface area (Å²) in [6, 6.07) is 5.48. The fourth-order valence-electron chi connectivity index (χ4n) is 2.43. The highest BCUT2D eigenvalue weighted by Crippen LogP contribution is 2.24. The number of rotatable bonds is 2. The van der Waals surface area contributed by atoms with Gasteiger partial charge in [0.25, 0.3) is 0 Å². The second kappa shape index (κ2) is 5.03. The third-order valence-corrected chi connectivity index (χ3v) is 3.46. The monoisotopic (exact) mass is 260 g/mol. The van der Waals surface area contributed by atoms with Gasteiger partial charge in [0.05, 0.1) is 0 Å². The molecule has 0 bridgehead atoms. The van der Waals surface area contributed by atoms with E-state index in [9.17, 15) is 9.59 Å². The summed E-state index contributed by atoms with van der Waals surface area (Å²) in [6.45, 7) is 7.96. The number of piperazine rings is 1. The Labute approximate surface area is 113 Å². The first kappa shape index (κ1) is 13.6. The summed E-state index contributed by atoms with van der Waals surface area (Å²) in [5.74, 6) is -0.0372. The Balaban J connectivity index is 2.37. The zero-order chi connectivity index (χ0) is 14.2. The first-order valence-corrected chi connectivity index (χ1v) is 6.58. The minimum Gasteiger partial charge on any atom is -0.342 e. The van der Waals surface area contributed by atoms with Crippen LogP contribution in [0.1, 0.15) is 25.0 Å². The number of nitrogens with one attached hydrogen (secondary N) is 1. The van der Waals surface area contributed by atoms with Gasteiger partial charge in [-0.1, -0.05) is 31.5 Å². The molecule has 1 aromatic rings. The fraction of sp³-hybridized carbons (Fsp3) is 0.467. The van der Waals surface area contributed by atoms with E-state index in [1.807, 2.05) is 45.9 Å². The SMILES string of the molecule is Cc1ccc(N2CC(=O)NC(C(C)C)C2=O)c(C)c1. The molecule has 1 saturated heterocycles. The number of benzene rings is 1. The molecule has 1 unspecified atom stereocenters. The molecule has 1 heterocycles. The lowest BCUT2D eigenvalue weighted by molar-refractivity contribution is -0.132. The van der Waals surface area contributed by atoms with Crippen molar-refractivity contribution in [3.8, 4) is 0 Å². The van der Waals surface area contributed by atoms with E-state index in [2.05, 4.69) is 5.32 Å². The van der Waals surface area contributed by atoms with Gasteiger partial charge in [0.2, 0.25) is 11.8 Å². The molecule has 1 atom stereocenters. The lowest BCUT2D eigenvalue weighted by Gasteiger charge is -2.35. The Kier molecular flexibility index (Phi) is 3.60. The highest BCUT2D eigenvalue weighted by molar-refractivity contribution is 6.07. The summed E-state index contributed by atoms with van der Waals surface area (Å²) >= 11 is 0. The maximum Gasteiger partial charge on any atom is 0.250 e. The quantitative estimate of drug-likeness (QED) is 0.881. The molecule has 102 valence electrons. The largest absolute Gasteiger partial charge is 0.342 e. The van der Waals surface area contributed by atoms with Gasteiger partial charge < -0.3 is 10.2 Å². The van der Waals surface area contributed by atoms with E-state index < -0.39 is 6.04 Å². The normalized spacial score (nSPS) is 19.8. The molecule has 0 aromatic heterocycles. The van der Waals surface area contributed by atoms with Crippen molar-refractivity contribution in [1.82, 2.24) is 5.32 Å². The molecular formula is C15H20N2O2. The maximum atomic E-state index is 12.5. The molecule has 0 aliphatic carbocycles. The van der Waals surface area contributed by atoms with Crippen LogP contribution in [0.2, 0.25) is 0 Å². The van der Waals surface area contributed by atoms with Crippen molar-refractivity contribution in [3.63, 3.8) is 0 Å². The molecule has 0 saturated carbocycles. The molecule has 1 aromatic carbocycles. The zero-order valence-corrected chi connectivity index (χ0v) is 11.9. The summed E-state index contributed by atoms with van der Waals surface area (Å²) in [5.41, 5.74) is 3.00. The zero-order valence-electron chi connectivity index (χ0n) is 11.9. The number of carbonyl (C=O) groups is 2. The number of aryl methyl sites for hydroxylation is 2. The Morgan fingerprint density at radius 2 is 1.95 bits per heavy atom. The van der Waals surface area contributed by atoms with Gasteiger partial charge in [0.1, 0.15) is 12.6 Å². The summed E-state index contributed by atoms with van der Waals surface area (Å²) in [6.07, 6.45) is 0. The molecule has 2 rings (SSSR count). The molecule has 0 spiro atoms. The molecular weight excluding hydrogens is 240 g/mol. The highest BCUT2D eigenvalue weighted by atomic mass is 16.2. The average Bonchev–Trinajstić information content (AvgIpc) is 2.32. The van der Waals surface area contributed by atoms with Crippen molar-refractivity contribution in [2.75, 3.05) is 11.4 Å². The van der Waals surface area contributed by atoms with Crippen molar-refractivity contribution in [1.29, 1.82) is 0 Å². The fourth-order valence-corrected chi connectivity index (χ4v) is 2.43. The van der Waals surface area contributed by atoms with Crippen LogP contribution in [0.5, 0.6) is 0 Å². The van der Waals surface area contributed by atoms with Crippen LogP contribution in [0.4, 0.5) is 5.69 Å². The molecule has 19 heavy (non-hydrogen) atoms. The number of carbonyl (C=O) groups excluding carboxylic acids is 2. The minimum absolute atomic E-state index is 0.0263. The van der Waals surface area contributed by atoms with Crippen LogP contribution >= 0.6 is 0 Å². The number of amides is 2. The minimum atomic E-state index is -0.429. The van der Waals surface area contributed by atoms with Crippen LogP contribution in [-0.4, -0.2) is 24.4 Å². The Morgan fingerprint density at radius 1 is 1.26 bits per heavy atom. The molecule has 4 heteroatoms. The van der Waals surface area contributed by atoms with Crippen LogP contribution in [0.25, 0.3) is 0 Å². The number of anilines is 1. The lowest BCUT2D eigenvalue weighted by atomic mass is 9.99. The standard InChI is InChI=1S/C15H20N2O2/c1-9(2)14-15(19)17(8-13(18)16-14)12-6-5-10(3)7-11(12)4/h5-7,9,14H,8H2,1-4H3,(H,16,18). The smallest absolute Gasteiger partial charge is 0.250 e. The Hall–Kier alpha value is -1.84. The van der Waals surface area contributed by atoms with Gasteiger partial charge in [0, 0.05) is 5.69 Å². The first-order chi connectivity index (χ1) is 8.90. The summed E-state index contributed by atoms with van der Waals surface area (Å²) < 4.78 is 0. The van der Waals surface area contributed by atoms with Gasteiger partial charge in [-0.15, -0.1) is 0 Å². The summed E-state index contributed by atoms with van der Waals surface area (Å²) in [4.78, 5) is 25.8. The van der Waals surface area contributed by atoms with Crippen molar-refractivity contribution in [3.05, 3.63) is 29.3 Å².